The van der Waals surface area contributed by atoms with E-state index in [4.69, 9.17) is 4.74 Å². The third kappa shape index (κ3) is 5.10. The summed E-state index contributed by atoms with van der Waals surface area (Å²) in [5.74, 6) is 0.377. The van der Waals surface area contributed by atoms with E-state index in [0.717, 1.165) is 12.2 Å². The fraction of sp³-hybridized carbons (Fsp3) is 0.217. The number of rotatable bonds is 7. The molecule has 0 spiro atoms. The molecule has 0 fully saturated rings. The van der Waals surface area contributed by atoms with Gasteiger partial charge >= 0.3 is 0 Å². The van der Waals surface area contributed by atoms with Gasteiger partial charge in [0.1, 0.15) is 11.4 Å². The maximum absolute atomic E-state index is 12.6. The minimum atomic E-state index is -0.267. The lowest BCUT2D eigenvalue weighted by molar-refractivity contribution is 0.102. The second-order valence-corrected chi connectivity index (χ2v) is 6.86. The maximum Gasteiger partial charge on any atom is 0.274 e. The summed E-state index contributed by atoms with van der Waals surface area (Å²) in [5.41, 5.74) is 3.15. The van der Waals surface area contributed by atoms with Crippen molar-refractivity contribution in [2.75, 3.05) is 17.3 Å². The van der Waals surface area contributed by atoms with Crippen LogP contribution in [0.4, 0.5) is 11.4 Å². The Morgan fingerprint density at radius 2 is 1.75 bits per heavy atom. The van der Waals surface area contributed by atoms with Crippen LogP contribution in [0.15, 0.2) is 72.9 Å². The van der Waals surface area contributed by atoms with Crippen LogP contribution in [0.3, 0.4) is 0 Å². The Morgan fingerprint density at radius 1 is 1.04 bits per heavy atom. The summed E-state index contributed by atoms with van der Waals surface area (Å²) in [7, 11) is 2.00. The van der Waals surface area contributed by atoms with Gasteiger partial charge in [0.15, 0.2) is 0 Å². The van der Waals surface area contributed by atoms with E-state index in [1.54, 1.807) is 12.3 Å². The van der Waals surface area contributed by atoms with Crippen LogP contribution < -0.4 is 15.0 Å². The van der Waals surface area contributed by atoms with Gasteiger partial charge < -0.3 is 15.0 Å². The number of aromatic nitrogens is 1. The highest BCUT2D eigenvalue weighted by Gasteiger charge is 2.12. The van der Waals surface area contributed by atoms with Gasteiger partial charge in [-0.1, -0.05) is 42.5 Å². The highest BCUT2D eigenvalue weighted by molar-refractivity contribution is 6.03. The third-order valence-corrected chi connectivity index (χ3v) is 4.18. The molecule has 0 aliphatic rings. The zero-order chi connectivity index (χ0) is 19.9. The van der Waals surface area contributed by atoms with Crippen LogP contribution >= 0.6 is 0 Å². The van der Waals surface area contributed by atoms with Crippen LogP contribution in [0.2, 0.25) is 0 Å². The van der Waals surface area contributed by atoms with E-state index in [1.807, 2.05) is 69.4 Å². The standard InChI is InChI=1S/C23H25N3O2/c1-17(2)28-22-12-8-7-11-20(22)25-23(27)21-14-13-19(15-24-21)26(3)16-18-9-5-4-6-10-18/h4-15,17H,16H2,1-3H3,(H,25,27). The lowest BCUT2D eigenvalue weighted by Crippen LogP contribution is -2.18. The number of nitrogens with one attached hydrogen (secondary N) is 1. The fourth-order valence-corrected chi connectivity index (χ4v) is 2.81. The van der Waals surface area contributed by atoms with Crippen molar-refractivity contribution < 1.29 is 9.53 Å². The van der Waals surface area contributed by atoms with Crippen LogP contribution in [-0.4, -0.2) is 24.0 Å². The van der Waals surface area contributed by atoms with E-state index in [9.17, 15) is 4.79 Å². The molecule has 0 unspecified atom stereocenters. The molecule has 0 atom stereocenters. The summed E-state index contributed by atoms with van der Waals surface area (Å²) in [5, 5.41) is 2.88. The smallest absolute Gasteiger partial charge is 0.274 e. The SMILES string of the molecule is CC(C)Oc1ccccc1NC(=O)c1ccc(N(C)Cc2ccccc2)cn1. The molecule has 0 radical (unpaired) electrons. The molecule has 28 heavy (non-hydrogen) atoms. The Kier molecular flexibility index (Phi) is 6.27. The topological polar surface area (TPSA) is 54.5 Å². The first kappa shape index (κ1) is 19.4. The predicted octanol–water partition coefficient (Wildman–Crippen LogP) is 4.76. The van der Waals surface area contributed by atoms with Crippen molar-refractivity contribution in [2.45, 2.75) is 26.5 Å². The molecular weight excluding hydrogens is 350 g/mol. The van der Waals surface area contributed by atoms with E-state index in [1.165, 1.54) is 5.56 Å². The molecule has 144 valence electrons. The molecule has 3 rings (SSSR count). The zero-order valence-electron chi connectivity index (χ0n) is 16.4. The minimum absolute atomic E-state index is 0.0237. The van der Waals surface area contributed by atoms with Gasteiger partial charge in [0.2, 0.25) is 0 Å². The minimum Gasteiger partial charge on any atom is -0.489 e. The van der Waals surface area contributed by atoms with Crippen LogP contribution in [0, 0.1) is 0 Å². The highest BCUT2D eigenvalue weighted by atomic mass is 16.5. The number of ether oxygens (including phenoxy) is 1. The van der Waals surface area contributed by atoms with Gasteiger partial charge in [0.25, 0.3) is 5.91 Å². The molecule has 1 aromatic heterocycles. The van der Waals surface area contributed by atoms with Crippen LogP contribution in [0.1, 0.15) is 29.9 Å². The lowest BCUT2D eigenvalue weighted by Gasteiger charge is -2.19. The quantitative estimate of drug-likeness (QED) is 0.647. The summed E-state index contributed by atoms with van der Waals surface area (Å²) in [6, 6.07) is 21.3. The van der Waals surface area contributed by atoms with E-state index >= 15 is 0 Å². The molecular formula is C23H25N3O2. The average Bonchev–Trinajstić information content (AvgIpc) is 2.70. The van der Waals surface area contributed by atoms with E-state index in [2.05, 4.69) is 27.3 Å². The molecule has 5 heteroatoms. The van der Waals surface area contributed by atoms with Gasteiger partial charge in [-0.3, -0.25) is 4.79 Å². The zero-order valence-corrected chi connectivity index (χ0v) is 16.4. The molecule has 0 saturated heterocycles. The molecule has 3 aromatic rings. The first-order valence-corrected chi connectivity index (χ1v) is 9.31. The van der Waals surface area contributed by atoms with Crippen molar-refractivity contribution in [3.05, 3.63) is 84.2 Å². The van der Waals surface area contributed by atoms with E-state index < -0.39 is 0 Å². The van der Waals surface area contributed by atoms with Crippen molar-refractivity contribution in [1.82, 2.24) is 4.98 Å². The fourth-order valence-electron chi connectivity index (χ4n) is 2.81. The second-order valence-electron chi connectivity index (χ2n) is 6.86. The number of pyridine rings is 1. The Hall–Kier alpha value is -3.34. The Labute approximate surface area is 166 Å². The number of carbonyl (C=O) groups excluding carboxylic acids is 1. The molecule has 5 nitrogen and oxygen atoms in total. The number of hydrogen-bond donors (Lipinski definition) is 1. The third-order valence-electron chi connectivity index (χ3n) is 4.18. The van der Waals surface area contributed by atoms with Crippen molar-refractivity contribution in [3.63, 3.8) is 0 Å². The van der Waals surface area contributed by atoms with Gasteiger partial charge in [-0.2, -0.15) is 0 Å². The number of benzene rings is 2. The molecule has 1 amide bonds. The highest BCUT2D eigenvalue weighted by Crippen LogP contribution is 2.25. The summed E-state index contributed by atoms with van der Waals surface area (Å²) < 4.78 is 5.75. The number of nitrogens with zero attached hydrogens (tertiary/aromatic N) is 2. The molecule has 2 aromatic carbocycles. The van der Waals surface area contributed by atoms with Gasteiger partial charge in [0, 0.05) is 13.6 Å². The monoisotopic (exact) mass is 375 g/mol. The molecule has 1 N–H and O–H groups in total. The normalized spacial score (nSPS) is 10.6. The summed E-state index contributed by atoms with van der Waals surface area (Å²) in [4.78, 5) is 19.0. The number of hydrogen-bond acceptors (Lipinski definition) is 4. The van der Waals surface area contributed by atoms with E-state index in [0.29, 0.717) is 17.1 Å². The lowest BCUT2D eigenvalue weighted by atomic mass is 10.2. The van der Waals surface area contributed by atoms with E-state index in [-0.39, 0.29) is 12.0 Å². The number of amides is 1. The first-order chi connectivity index (χ1) is 13.5. The van der Waals surface area contributed by atoms with Crippen LogP contribution in [0.5, 0.6) is 5.75 Å². The van der Waals surface area contributed by atoms with Crippen molar-refractivity contribution in [3.8, 4) is 5.75 Å². The molecule has 0 bridgehead atoms. The largest absolute Gasteiger partial charge is 0.489 e. The Bertz CT molecular complexity index is 909. The molecule has 0 saturated carbocycles. The average molecular weight is 375 g/mol. The number of anilines is 2. The molecule has 0 aliphatic heterocycles. The van der Waals surface area contributed by atoms with Crippen LogP contribution in [0.25, 0.3) is 0 Å². The number of para-hydroxylation sites is 2. The maximum atomic E-state index is 12.6. The summed E-state index contributed by atoms with van der Waals surface area (Å²) >= 11 is 0. The van der Waals surface area contributed by atoms with Crippen molar-refractivity contribution in [1.29, 1.82) is 0 Å². The van der Waals surface area contributed by atoms with Gasteiger partial charge in [-0.25, -0.2) is 4.98 Å². The van der Waals surface area contributed by atoms with Gasteiger partial charge in [0.05, 0.1) is 23.7 Å². The van der Waals surface area contributed by atoms with Crippen LogP contribution in [-0.2, 0) is 6.54 Å². The predicted molar refractivity (Wildman–Crippen MR) is 113 cm³/mol. The Balaban J connectivity index is 1.67. The number of carbonyl (C=O) groups is 1. The molecule has 1 heterocycles. The second kappa shape index (κ2) is 9.04. The van der Waals surface area contributed by atoms with Crippen molar-refractivity contribution >= 4 is 17.3 Å². The summed E-state index contributed by atoms with van der Waals surface area (Å²) in [6.07, 6.45) is 1.74. The van der Waals surface area contributed by atoms with Gasteiger partial charge in [-0.05, 0) is 43.7 Å². The summed E-state index contributed by atoms with van der Waals surface area (Å²) in [6.45, 7) is 4.67. The van der Waals surface area contributed by atoms with Gasteiger partial charge in [-0.15, -0.1) is 0 Å². The first-order valence-electron chi connectivity index (χ1n) is 9.31. The van der Waals surface area contributed by atoms with Crippen molar-refractivity contribution in [2.24, 2.45) is 0 Å². The Morgan fingerprint density at radius 3 is 2.43 bits per heavy atom. The molecule has 0 aliphatic carbocycles.